The van der Waals surface area contributed by atoms with Crippen molar-refractivity contribution in [1.82, 2.24) is 10.3 Å². The first-order valence-corrected chi connectivity index (χ1v) is 5.70. The number of rotatable bonds is 2. The molecule has 1 amide bonds. The molecule has 1 atom stereocenters. The molecule has 1 N–H and O–H groups in total. The summed E-state index contributed by atoms with van der Waals surface area (Å²) >= 11 is 0. The van der Waals surface area contributed by atoms with Crippen LogP contribution in [0.5, 0.6) is 0 Å². The number of likely N-dealkylation sites (N-methyl/N-ethyl adjacent to an activating group) is 1. The molecule has 0 bridgehead atoms. The topological polar surface area (TPSA) is 45.2 Å². The van der Waals surface area contributed by atoms with Gasteiger partial charge in [0.1, 0.15) is 0 Å². The SMILES string of the molecule is CN(C(=O)[C@H]1CCCCN1)c1ccncc1. The highest BCUT2D eigenvalue weighted by molar-refractivity contribution is 5.96. The number of hydrogen-bond donors (Lipinski definition) is 1. The number of carbonyl (C=O) groups is 1. The molecule has 4 nitrogen and oxygen atoms in total. The van der Waals surface area contributed by atoms with Crippen LogP contribution in [0.15, 0.2) is 24.5 Å². The van der Waals surface area contributed by atoms with Gasteiger partial charge in [-0.25, -0.2) is 0 Å². The van der Waals surface area contributed by atoms with E-state index in [1.165, 1.54) is 6.42 Å². The maximum absolute atomic E-state index is 12.1. The van der Waals surface area contributed by atoms with Crippen molar-refractivity contribution in [1.29, 1.82) is 0 Å². The summed E-state index contributed by atoms with van der Waals surface area (Å²) in [6, 6.07) is 3.67. The van der Waals surface area contributed by atoms with Gasteiger partial charge in [-0.05, 0) is 31.5 Å². The Morgan fingerprint density at radius 1 is 1.44 bits per heavy atom. The van der Waals surface area contributed by atoms with Crippen molar-refractivity contribution < 1.29 is 4.79 Å². The van der Waals surface area contributed by atoms with Gasteiger partial charge in [-0.1, -0.05) is 6.42 Å². The lowest BCUT2D eigenvalue weighted by Gasteiger charge is -2.27. The van der Waals surface area contributed by atoms with Crippen molar-refractivity contribution in [2.75, 3.05) is 18.5 Å². The summed E-state index contributed by atoms with van der Waals surface area (Å²) in [6.45, 7) is 0.945. The van der Waals surface area contributed by atoms with Gasteiger partial charge >= 0.3 is 0 Å². The van der Waals surface area contributed by atoms with Gasteiger partial charge in [-0.3, -0.25) is 9.78 Å². The summed E-state index contributed by atoms with van der Waals surface area (Å²) in [5.74, 6) is 0.144. The van der Waals surface area contributed by atoms with E-state index in [1.807, 2.05) is 19.2 Å². The van der Waals surface area contributed by atoms with Gasteiger partial charge in [-0.2, -0.15) is 0 Å². The molecule has 1 fully saturated rings. The Bertz CT molecular complexity index is 347. The molecule has 4 heteroatoms. The van der Waals surface area contributed by atoms with Gasteiger partial charge in [-0.15, -0.1) is 0 Å². The lowest BCUT2D eigenvalue weighted by molar-refractivity contribution is -0.120. The zero-order chi connectivity index (χ0) is 11.4. The Labute approximate surface area is 95.7 Å². The summed E-state index contributed by atoms with van der Waals surface area (Å²) in [4.78, 5) is 17.8. The number of aromatic nitrogens is 1. The molecule has 1 aromatic heterocycles. The second-order valence-corrected chi connectivity index (χ2v) is 4.11. The molecule has 0 aromatic carbocycles. The van der Waals surface area contributed by atoms with Crippen LogP contribution >= 0.6 is 0 Å². The predicted octanol–water partition coefficient (Wildman–Crippen LogP) is 1.19. The van der Waals surface area contributed by atoms with E-state index < -0.39 is 0 Å². The molecule has 0 radical (unpaired) electrons. The molecule has 2 rings (SSSR count). The summed E-state index contributed by atoms with van der Waals surface area (Å²) in [7, 11) is 1.81. The van der Waals surface area contributed by atoms with Gasteiger partial charge in [0.15, 0.2) is 0 Å². The van der Waals surface area contributed by atoms with Crippen LogP contribution in [0.1, 0.15) is 19.3 Å². The monoisotopic (exact) mass is 219 g/mol. The van der Waals surface area contributed by atoms with Crippen LogP contribution in [0.4, 0.5) is 5.69 Å². The second-order valence-electron chi connectivity index (χ2n) is 4.11. The van der Waals surface area contributed by atoms with E-state index in [0.29, 0.717) is 0 Å². The lowest BCUT2D eigenvalue weighted by Crippen LogP contribution is -2.47. The molecule has 1 aliphatic heterocycles. The predicted molar refractivity (Wildman–Crippen MR) is 63.3 cm³/mol. The number of nitrogens with zero attached hydrogens (tertiary/aromatic N) is 2. The van der Waals surface area contributed by atoms with E-state index >= 15 is 0 Å². The standard InChI is InChI=1S/C12H17N3O/c1-15(10-5-8-13-9-6-10)12(16)11-4-2-3-7-14-11/h5-6,8-9,11,14H,2-4,7H2,1H3/t11-/m1/s1. The van der Waals surface area contributed by atoms with Crippen LogP contribution in [0.2, 0.25) is 0 Å². The van der Waals surface area contributed by atoms with Crippen molar-refractivity contribution in [3.63, 3.8) is 0 Å². The molecule has 1 aromatic rings. The van der Waals surface area contributed by atoms with E-state index in [1.54, 1.807) is 17.3 Å². The lowest BCUT2D eigenvalue weighted by atomic mass is 10.0. The van der Waals surface area contributed by atoms with Crippen molar-refractivity contribution >= 4 is 11.6 Å². The fourth-order valence-corrected chi connectivity index (χ4v) is 1.99. The first kappa shape index (κ1) is 11.1. The van der Waals surface area contributed by atoms with Crippen LogP contribution in [-0.4, -0.2) is 30.5 Å². The number of carbonyl (C=O) groups excluding carboxylic acids is 1. The van der Waals surface area contributed by atoms with Crippen molar-refractivity contribution in [2.24, 2.45) is 0 Å². The van der Waals surface area contributed by atoms with Gasteiger partial charge in [0, 0.05) is 25.1 Å². The molecular weight excluding hydrogens is 202 g/mol. The van der Waals surface area contributed by atoms with E-state index in [9.17, 15) is 4.79 Å². The summed E-state index contributed by atoms with van der Waals surface area (Å²) in [5.41, 5.74) is 0.896. The largest absolute Gasteiger partial charge is 0.314 e. The molecule has 16 heavy (non-hydrogen) atoms. The molecular formula is C12H17N3O. The van der Waals surface area contributed by atoms with Gasteiger partial charge in [0.2, 0.25) is 5.91 Å². The minimum atomic E-state index is -0.0214. The molecule has 86 valence electrons. The van der Waals surface area contributed by atoms with Crippen LogP contribution in [0, 0.1) is 0 Å². The first-order chi connectivity index (χ1) is 7.79. The number of nitrogens with one attached hydrogen (secondary N) is 1. The minimum absolute atomic E-state index is 0.0214. The van der Waals surface area contributed by atoms with Crippen molar-refractivity contribution in [2.45, 2.75) is 25.3 Å². The maximum Gasteiger partial charge on any atom is 0.243 e. The number of anilines is 1. The second kappa shape index (κ2) is 5.07. The number of pyridine rings is 1. The quantitative estimate of drug-likeness (QED) is 0.812. The van der Waals surface area contributed by atoms with Gasteiger partial charge in [0.05, 0.1) is 6.04 Å². The normalized spacial score (nSPS) is 20.4. The highest BCUT2D eigenvalue weighted by Gasteiger charge is 2.24. The maximum atomic E-state index is 12.1. The Kier molecular flexibility index (Phi) is 3.51. The van der Waals surface area contributed by atoms with Crippen LogP contribution in [-0.2, 0) is 4.79 Å². The third-order valence-electron chi connectivity index (χ3n) is 2.99. The average molecular weight is 219 g/mol. The number of piperidine rings is 1. The Morgan fingerprint density at radius 2 is 2.19 bits per heavy atom. The van der Waals surface area contributed by atoms with Gasteiger partial charge in [0.25, 0.3) is 0 Å². The molecule has 1 saturated heterocycles. The third-order valence-corrected chi connectivity index (χ3v) is 2.99. The smallest absolute Gasteiger partial charge is 0.243 e. The van der Waals surface area contributed by atoms with Gasteiger partial charge < -0.3 is 10.2 Å². The average Bonchev–Trinajstić information content (AvgIpc) is 2.39. The molecule has 0 saturated carbocycles. The zero-order valence-electron chi connectivity index (χ0n) is 9.52. The number of amides is 1. The van der Waals surface area contributed by atoms with Crippen LogP contribution < -0.4 is 10.2 Å². The molecule has 0 aliphatic carbocycles. The van der Waals surface area contributed by atoms with Crippen molar-refractivity contribution in [3.8, 4) is 0 Å². The van der Waals surface area contributed by atoms with E-state index in [0.717, 1.165) is 25.1 Å². The molecule has 0 spiro atoms. The fraction of sp³-hybridized carbons (Fsp3) is 0.500. The van der Waals surface area contributed by atoms with Crippen molar-refractivity contribution in [3.05, 3.63) is 24.5 Å². The molecule has 1 aliphatic rings. The third kappa shape index (κ3) is 2.39. The fourth-order valence-electron chi connectivity index (χ4n) is 1.99. The number of hydrogen-bond acceptors (Lipinski definition) is 3. The highest BCUT2D eigenvalue weighted by Crippen LogP contribution is 2.15. The zero-order valence-corrected chi connectivity index (χ0v) is 9.52. The Morgan fingerprint density at radius 3 is 2.81 bits per heavy atom. The van der Waals surface area contributed by atoms with Crippen LogP contribution in [0.3, 0.4) is 0 Å². The van der Waals surface area contributed by atoms with E-state index in [4.69, 9.17) is 0 Å². The first-order valence-electron chi connectivity index (χ1n) is 5.70. The summed E-state index contributed by atoms with van der Waals surface area (Å²) < 4.78 is 0. The summed E-state index contributed by atoms with van der Waals surface area (Å²) in [6.07, 6.45) is 6.64. The van der Waals surface area contributed by atoms with E-state index in [2.05, 4.69) is 10.3 Å². The van der Waals surface area contributed by atoms with E-state index in [-0.39, 0.29) is 11.9 Å². The van der Waals surface area contributed by atoms with Crippen LogP contribution in [0.25, 0.3) is 0 Å². The molecule has 0 unspecified atom stereocenters. The Hall–Kier alpha value is -1.42. The Balaban J connectivity index is 2.04. The molecule has 2 heterocycles. The highest BCUT2D eigenvalue weighted by atomic mass is 16.2. The summed E-state index contributed by atoms with van der Waals surface area (Å²) in [5, 5.41) is 3.26. The minimum Gasteiger partial charge on any atom is -0.314 e.